The molecule has 1 aromatic heterocycles. The lowest BCUT2D eigenvalue weighted by Gasteiger charge is -2.23. The van der Waals surface area contributed by atoms with Crippen molar-refractivity contribution < 1.29 is 36.5 Å². The summed E-state index contributed by atoms with van der Waals surface area (Å²) in [4.78, 5) is 34.9. The number of hydrazone groups is 1. The van der Waals surface area contributed by atoms with Crippen LogP contribution in [0, 0.1) is 33.4 Å². The van der Waals surface area contributed by atoms with Crippen molar-refractivity contribution in [2.45, 2.75) is 12.8 Å². The molecule has 2 amide bonds. The molecular formula is C19H10F4N6O5. The fourth-order valence-corrected chi connectivity index (χ4v) is 2.95. The summed E-state index contributed by atoms with van der Waals surface area (Å²) in [6.07, 6.45) is -0.722. The van der Waals surface area contributed by atoms with Crippen LogP contribution in [0.2, 0.25) is 0 Å². The number of hydrogen-bond acceptors (Lipinski definition) is 8. The number of amides is 2. The molecule has 34 heavy (non-hydrogen) atoms. The van der Waals surface area contributed by atoms with Crippen molar-refractivity contribution in [3.8, 4) is 11.5 Å². The number of nitro groups is 1. The minimum Gasteiger partial charge on any atom is -0.403 e. The van der Waals surface area contributed by atoms with Gasteiger partial charge in [0.05, 0.1) is 4.92 Å². The molecule has 0 saturated heterocycles. The SMILES string of the molecule is O=C(Nc1nnc(-c2cccc([N+](=O)[O-])c2)o1)C1=NN(c2c(F)c(F)cc(F)c2F)C(=O)CC1. The quantitative estimate of drug-likeness (QED) is 0.256. The largest absolute Gasteiger partial charge is 0.403 e. The van der Waals surface area contributed by atoms with Gasteiger partial charge in [-0.05, 0) is 6.07 Å². The lowest BCUT2D eigenvalue weighted by atomic mass is 10.1. The Morgan fingerprint density at radius 2 is 1.79 bits per heavy atom. The Labute approximate surface area is 185 Å². The van der Waals surface area contributed by atoms with Crippen LogP contribution in [-0.2, 0) is 9.59 Å². The molecule has 3 aromatic rings. The van der Waals surface area contributed by atoms with Crippen LogP contribution in [0.1, 0.15) is 12.8 Å². The van der Waals surface area contributed by atoms with Gasteiger partial charge < -0.3 is 4.42 Å². The zero-order valence-electron chi connectivity index (χ0n) is 16.6. The molecule has 2 heterocycles. The number of anilines is 2. The molecule has 4 rings (SSSR count). The molecule has 174 valence electrons. The summed E-state index contributed by atoms with van der Waals surface area (Å²) in [5.74, 6) is -9.43. The highest BCUT2D eigenvalue weighted by atomic mass is 19.2. The highest BCUT2D eigenvalue weighted by molar-refractivity contribution is 6.44. The summed E-state index contributed by atoms with van der Waals surface area (Å²) in [5, 5.41) is 23.9. The van der Waals surface area contributed by atoms with Crippen molar-refractivity contribution >= 4 is 34.9 Å². The van der Waals surface area contributed by atoms with E-state index in [9.17, 15) is 37.3 Å². The topological polar surface area (TPSA) is 144 Å². The summed E-state index contributed by atoms with van der Waals surface area (Å²) in [7, 11) is 0. The summed E-state index contributed by atoms with van der Waals surface area (Å²) >= 11 is 0. The molecular weight excluding hydrogens is 468 g/mol. The zero-order valence-corrected chi connectivity index (χ0v) is 16.6. The van der Waals surface area contributed by atoms with Gasteiger partial charge in [0.2, 0.25) is 11.8 Å². The second kappa shape index (κ2) is 8.68. The normalized spacial score (nSPS) is 13.6. The van der Waals surface area contributed by atoms with E-state index in [-0.39, 0.29) is 34.6 Å². The maximum atomic E-state index is 14.1. The van der Waals surface area contributed by atoms with E-state index >= 15 is 0 Å². The van der Waals surface area contributed by atoms with Crippen molar-refractivity contribution in [2.24, 2.45) is 5.10 Å². The van der Waals surface area contributed by atoms with Gasteiger partial charge in [0.25, 0.3) is 11.6 Å². The average Bonchev–Trinajstić information content (AvgIpc) is 3.27. The fourth-order valence-electron chi connectivity index (χ4n) is 2.95. The number of aromatic nitrogens is 2. The Hall–Kier alpha value is -4.69. The van der Waals surface area contributed by atoms with E-state index in [2.05, 4.69) is 20.6 Å². The number of non-ortho nitro benzene ring substituents is 1. The van der Waals surface area contributed by atoms with Crippen molar-refractivity contribution in [3.63, 3.8) is 0 Å². The first-order valence-electron chi connectivity index (χ1n) is 9.29. The van der Waals surface area contributed by atoms with Crippen LogP contribution in [0.5, 0.6) is 0 Å². The van der Waals surface area contributed by atoms with Crippen LogP contribution < -0.4 is 10.3 Å². The number of carbonyl (C=O) groups excluding carboxylic acids is 2. The highest BCUT2D eigenvalue weighted by Gasteiger charge is 2.32. The van der Waals surface area contributed by atoms with E-state index in [0.717, 1.165) is 6.07 Å². The zero-order chi connectivity index (χ0) is 24.6. The third kappa shape index (κ3) is 4.17. The van der Waals surface area contributed by atoms with Gasteiger partial charge in [-0.1, -0.05) is 11.2 Å². The van der Waals surface area contributed by atoms with Gasteiger partial charge in [-0.3, -0.25) is 25.0 Å². The molecule has 11 nitrogen and oxygen atoms in total. The Morgan fingerprint density at radius 3 is 2.47 bits per heavy atom. The van der Waals surface area contributed by atoms with Crippen LogP contribution in [0.3, 0.4) is 0 Å². The molecule has 0 atom stereocenters. The molecule has 0 fully saturated rings. The molecule has 1 aliphatic heterocycles. The molecule has 0 spiro atoms. The first kappa shape index (κ1) is 22.5. The summed E-state index contributed by atoms with van der Waals surface area (Å²) in [6, 6.07) is 4.75. The number of benzene rings is 2. The van der Waals surface area contributed by atoms with Gasteiger partial charge in [-0.2, -0.15) is 10.1 Å². The maximum Gasteiger partial charge on any atom is 0.322 e. The molecule has 0 unspecified atom stereocenters. The highest BCUT2D eigenvalue weighted by Crippen LogP contribution is 2.30. The smallest absolute Gasteiger partial charge is 0.322 e. The summed E-state index contributed by atoms with van der Waals surface area (Å²) < 4.78 is 60.5. The van der Waals surface area contributed by atoms with Crippen molar-refractivity contribution in [1.29, 1.82) is 0 Å². The Kier molecular flexibility index (Phi) is 5.75. The predicted octanol–water partition coefficient (Wildman–Crippen LogP) is 3.32. The number of nitrogens with zero attached hydrogens (tertiary/aromatic N) is 5. The molecule has 15 heteroatoms. The number of nitrogens with one attached hydrogen (secondary N) is 1. The fraction of sp³-hybridized carbons (Fsp3) is 0.105. The first-order chi connectivity index (χ1) is 16.2. The van der Waals surface area contributed by atoms with E-state index in [1.54, 1.807) is 0 Å². The predicted molar refractivity (Wildman–Crippen MR) is 105 cm³/mol. The molecule has 1 N–H and O–H groups in total. The molecule has 0 bridgehead atoms. The van der Waals surface area contributed by atoms with Crippen molar-refractivity contribution in [2.75, 3.05) is 10.3 Å². The van der Waals surface area contributed by atoms with Crippen molar-refractivity contribution in [1.82, 2.24) is 10.2 Å². The lowest BCUT2D eigenvalue weighted by Crippen LogP contribution is -2.37. The number of hydrogen-bond donors (Lipinski definition) is 1. The molecule has 0 aliphatic carbocycles. The van der Waals surface area contributed by atoms with E-state index in [4.69, 9.17) is 4.42 Å². The average molecular weight is 478 g/mol. The Balaban J connectivity index is 1.58. The molecule has 0 saturated carbocycles. The third-order valence-corrected chi connectivity index (χ3v) is 4.54. The number of nitro benzene ring substituents is 1. The second-order valence-corrected chi connectivity index (χ2v) is 6.74. The Morgan fingerprint density at radius 1 is 1.09 bits per heavy atom. The first-order valence-corrected chi connectivity index (χ1v) is 9.29. The number of rotatable bonds is 5. The standard InChI is InChI=1S/C19H10F4N6O5/c20-10-7-11(21)15(23)16(14(10)22)28-13(30)5-4-12(27-28)17(31)24-19-26-25-18(34-19)8-2-1-3-9(6-8)29(32)33/h1-3,6-7H,4-5H2,(H,24,26,31). The van der Waals surface area contributed by atoms with Gasteiger partial charge >= 0.3 is 6.01 Å². The molecule has 0 radical (unpaired) electrons. The van der Waals surface area contributed by atoms with Gasteiger partial charge in [-0.15, -0.1) is 5.10 Å². The third-order valence-electron chi connectivity index (χ3n) is 4.54. The number of halogens is 4. The van der Waals surface area contributed by atoms with E-state index in [1.165, 1.54) is 18.2 Å². The van der Waals surface area contributed by atoms with Gasteiger partial charge in [-0.25, -0.2) is 17.6 Å². The van der Waals surface area contributed by atoms with E-state index in [1.807, 2.05) is 0 Å². The van der Waals surface area contributed by atoms with Crippen LogP contribution in [0.15, 0.2) is 39.9 Å². The second-order valence-electron chi connectivity index (χ2n) is 6.74. The van der Waals surface area contributed by atoms with Crippen LogP contribution in [-0.4, -0.2) is 32.6 Å². The molecule has 1 aliphatic rings. The van der Waals surface area contributed by atoms with Crippen molar-refractivity contribution in [3.05, 3.63) is 63.7 Å². The molecule has 2 aromatic carbocycles. The van der Waals surface area contributed by atoms with Crippen LogP contribution in [0.4, 0.5) is 35.0 Å². The van der Waals surface area contributed by atoms with Crippen LogP contribution >= 0.6 is 0 Å². The van der Waals surface area contributed by atoms with Gasteiger partial charge in [0.15, 0.2) is 23.3 Å². The monoisotopic (exact) mass is 478 g/mol. The van der Waals surface area contributed by atoms with Gasteiger partial charge in [0.1, 0.15) is 11.4 Å². The van der Waals surface area contributed by atoms with Crippen LogP contribution in [0.25, 0.3) is 11.5 Å². The Bertz CT molecular complexity index is 1350. The minimum atomic E-state index is -1.86. The lowest BCUT2D eigenvalue weighted by molar-refractivity contribution is -0.384. The van der Waals surface area contributed by atoms with E-state index in [0.29, 0.717) is 0 Å². The summed E-state index contributed by atoms with van der Waals surface area (Å²) in [5.41, 5.74) is -1.89. The minimum absolute atomic E-state index is 0.0333. The van der Waals surface area contributed by atoms with E-state index < -0.39 is 63.8 Å². The van der Waals surface area contributed by atoms with Gasteiger partial charge in [0, 0.05) is 36.6 Å². The number of carbonyl (C=O) groups is 2. The summed E-state index contributed by atoms with van der Waals surface area (Å²) in [6.45, 7) is 0. The maximum absolute atomic E-state index is 14.1.